The zero-order valence-electron chi connectivity index (χ0n) is 36.3. The van der Waals surface area contributed by atoms with Crippen molar-refractivity contribution in [1.82, 2.24) is 9.97 Å². The summed E-state index contributed by atoms with van der Waals surface area (Å²) in [7, 11) is -1.61. The van der Waals surface area contributed by atoms with Crippen molar-refractivity contribution in [3.8, 4) is 33.6 Å². The Morgan fingerprint density at radius 2 is 1.47 bits per heavy atom. The zero-order chi connectivity index (χ0) is 40.4. The maximum atomic E-state index is 8.74. The van der Waals surface area contributed by atoms with Gasteiger partial charge in [0.1, 0.15) is 0 Å². The first kappa shape index (κ1) is 25.1. The molecule has 0 aliphatic heterocycles. The van der Waals surface area contributed by atoms with E-state index in [1.165, 1.54) is 23.5 Å². The van der Waals surface area contributed by atoms with Crippen molar-refractivity contribution < 1.29 is 32.4 Å². The topological polar surface area (TPSA) is 25.8 Å². The summed E-state index contributed by atoms with van der Waals surface area (Å²) in [6, 6.07) is 38.6. The molecule has 0 bridgehead atoms. The average molecular weight is 818 g/mol. The third kappa shape index (κ3) is 9.55. The quantitative estimate of drug-likeness (QED) is 0.118. The molecule has 4 heteroatoms. The molecular weight excluding hydrogens is 765 g/mol. The molecule has 6 rings (SSSR count). The molecule has 0 N–H and O–H groups in total. The van der Waals surface area contributed by atoms with Crippen LogP contribution in [0.1, 0.15) is 59.9 Å². The van der Waals surface area contributed by atoms with Gasteiger partial charge in [-0.25, -0.2) is 0 Å². The fourth-order valence-electron chi connectivity index (χ4n) is 5.01. The number of benzene rings is 4. The molecule has 2 heterocycles. The number of hydrogen-bond acceptors (Lipinski definition) is 2. The molecule has 2 aromatic heterocycles. The van der Waals surface area contributed by atoms with Crippen molar-refractivity contribution in [3.63, 3.8) is 0 Å². The summed E-state index contributed by atoms with van der Waals surface area (Å²) in [5.74, 6) is -0.716. The largest absolute Gasteiger partial charge is 0.305 e. The van der Waals surface area contributed by atoms with E-state index in [1.807, 2.05) is 68.6 Å². The summed E-state index contributed by atoms with van der Waals surface area (Å²) in [5.41, 5.74) is 6.27. The van der Waals surface area contributed by atoms with Crippen molar-refractivity contribution in [2.75, 3.05) is 0 Å². The van der Waals surface area contributed by atoms with Crippen LogP contribution in [0.25, 0.3) is 33.6 Å². The Kier molecular flexibility index (Phi) is 8.68. The van der Waals surface area contributed by atoms with Crippen molar-refractivity contribution in [1.29, 1.82) is 0 Å². The van der Waals surface area contributed by atoms with Gasteiger partial charge >= 0.3 is 0 Å². The Morgan fingerprint density at radius 1 is 0.766 bits per heavy atom. The Hall–Kier alpha value is -3.95. The summed E-state index contributed by atoms with van der Waals surface area (Å²) in [5, 5.41) is 1.19. The van der Waals surface area contributed by atoms with Gasteiger partial charge in [0, 0.05) is 44.8 Å². The van der Waals surface area contributed by atoms with Crippen LogP contribution in [-0.2, 0) is 26.5 Å². The second-order valence-electron chi connectivity index (χ2n) is 12.3. The normalized spacial score (nSPS) is 14.9. The van der Waals surface area contributed by atoms with E-state index in [2.05, 4.69) is 41.7 Å². The molecule has 1 radical (unpaired) electrons. The Labute approximate surface area is 309 Å². The minimum absolute atomic E-state index is 0. The van der Waals surface area contributed by atoms with Crippen LogP contribution in [0.2, 0.25) is 19.6 Å². The summed E-state index contributed by atoms with van der Waals surface area (Å²) in [4.78, 5) is 8.92. The van der Waals surface area contributed by atoms with E-state index >= 15 is 0 Å². The van der Waals surface area contributed by atoms with Crippen molar-refractivity contribution in [3.05, 3.63) is 162 Å². The second kappa shape index (κ2) is 16.2. The third-order valence-corrected chi connectivity index (χ3v) is 9.50. The number of rotatable bonds is 7. The Morgan fingerprint density at radius 3 is 2.11 bits per heavy atom. The molecule has 4 aromatic carbocycles. The van der Waals surface area contributed by atoms with E-state index in [0.29, 0.717) is 16.8 Å². The molecular formula is C43H44IrN2Si-2. The molecule has 0 fully saturated rings. The Balaban J connectivity index is 0.000000253. The summed E-state index contributed by atoms with van der Waals surface area (Å²) >= 11 is 0. The van der Waals surface area contributed by atoms with Crippen LogP contribution in [0, 0.1) is 25.8 Å². The number of aryl methyl sites for hydroxylation is 2. The summed E-state index contributed by atoms with van der Waals surface area (Å²) in [6.07, 6.45) is 1.15. The van der Waals surface area contributed by atoms with Gasteiger partial charge in [-0.15, -0.1) is 70.8 Å². The van der Waals surface area contributed by atoms with Crippen LogP contribution in [0.15, 0.2) is 122 Å². The molecule has 0 amide bonds. The van der Waals surface area contributed by atoms with E-state index in [4.69, 9.17) is 12.3 Å². The molecule has 47 heavy (non-hydrogen) atoms. The first-order chi connectivity index (χ1) is 25.6. The molecule has 0 spiro atoms. The molecule has 2 nitrogen and oxygen atoms in total. The minimum atomic E-state index is -2.49. The fourth-order valence-corrected chi connectivity index (χ4v) is 6.59. The Bertz CT molecular complexity index is 2230. The first-order valence-electron chi connectivity index (χ1n) is 19.7. The maximum Gasteiger partial charge on any atom is 0.0799 e. The van der Waals surface area contributed by atoms with Gasteiger partial charge < -0.3 is 9.97 Å². The predicted molar refractivity (Wildman–Crippen MR) is 198 cm³/mol. The van der Waals surface area contributed by atoms with Gasteiger partial charge in [-0.2, -0.15) is 0 Å². The standard InChI is InChI=1S/C25H20N.C18H24NSi.Ir/c1-19-18-26-25(17-24(19)15-20-9-4-2-5-10-20)23-14-8-13-22(16-23)21-11-6-3-7-12-21;1-13(2)16-11-17(15-9-7-14(3)8-10-15)19-12-18(16)20(4,5)6;/h2-13,16-18H,15H2,1H3;7-9,11-13H,1-6H3;/q2*-1;/i1D3,15D2;3D3,13D;. The van der Waals surface area contributed by atoms with Gasteiger partial charge in [-0.3, -0.25) is 0 Å². The second-order valence-corrected chi connectivity index (χ2v) is 17.4. The molecule has 0 saturated carbocycles. The van der Waals surface area contributed by atoms with E-state index in [0.717, 1.165) is 27.9 Å². The van der Waals surface area contributed by atoms with Crippen molar-refractivity contribution in [2.45, 2.75) is 59.5 Å². The summed E-state index contributed by atoms with van der Waals surface area (Å²) in [6.45, 7) is 5.90. The van der Waals surface area contributed by atoms with E-state index in [9.17, 15) is 0 Å². The molecule has 241 valence electrons. The van der Waals surface area contributed by atoms with Crippen molar-refractivity contribution >= 4 is 13.3 Å². The monoisotopic (exact) mass is 818 g/mol. The van der Waals surface area contributed by atoms with E-state index < -0.39 is 34.0 Å². The van der Waals surface area contributed by atoms with Crippen LogP contribution in [0.3, 0.4) is 0 Å². The van der Waals surface area contributed by atoms with Gasteiger partial charge in [0.15, 0.2) is 0 Å². The van der Waals surface area contributed by atoms with Crippen LogP contribution in [0.5, 0.6) is 0 Å². The molecule has 0 atom stereocenters. The van der Waals surface area contributed by atoms with Gasteiger partial charge in [-0.05, 0) is 57.9 Å². The predicted octanol–water partition coefficient (Wildman–Crippen LogP) is 10.6. The average Bonchev–Trinajstić information content (AvgIpc) is 3.14. The van der Waals surface area contributed by atoms with E-state index in [1.54, 1.807) is 48.5 Å². The maximum absolute atomic E-state index is 8.74. The van der Waals surface area contributed by atoms with Crippen LogP contribution in [0.4, 0.5) is 0 Å². The number of pyridine rings is 2. The fraction of sp³-hybridized carbons (Fsp3) is 0.209. The first-order valence-corrected chi connectivity index (χ1v) is 18.7. The SMILES string of the molecule is [2H]C([2H])([2H])c1c[c-]c(-c2cc(C([2H])(C)C)c([Si](C)(C)C)cn2)cc1.[2H]C([2H])([2H])c1cnc(-c2[c-]ccc(-c3ccccc3)c2)cc1C([2H])([2H])c1ccccc1.[Ir]. The van der Waals surface area contributed by atoms with E-state index in [-0.39, 0.29) is 36.8 Å². The molecule has 0 saturated heterocycles. The van der Waals surface area contributed by atoms with Crippen molar-refractivity contribution in [2.24, 2.45) is 0 Å². The van der Waals surface area contributed by atoms with Gasteiger partial charge in [0.05, 0.1) is 8.07 Å². The van der Waals surface area contributed by atoms with Crippen LogP contribution in [-0.4, -0.2) is 18.0 Å². The molecule has 6 aromatic rings. The molecule has 0 aliphatic rings. The third-order valence-electron chi connectivity index (χ3n) is 7.48. The minimum Gasteiger partial charge on any atom is -0.305 e. The molecule has 0 unspecified atom stereocenters. The number of nitrogens with zero attached hydrogens (tertiary/aromatic N) is 2. The number of hydrogen-bond donors (Lipinski definition) is 0. The smallest absolute Gasteiger partial charge is 0.0799 e. The van der Waals surface area contributed by atoms with Gasteiger partial charge in [-0.1, -0.05) is 119 Å². The van der Waals surface area contributed by atoms with Crippen LogP contribution >= 0.6 is 0 Å². The number of aromatic nitrogens is 2. The van der Waals surface area contributed by atoms with Crippen LogP contribution < -0.4 is 5.19 Å². The summed E-state index contributed by atoms with van der Waals surface area (Å²) < 4.78 is 72.0. The van der Waals surface area contributed by atoms with Gasteiger partial charge in [0.2, 0.25) is 0 Å². The molecule has 0 aliphatic carbocycles. The zero-order valence-corrected chi connectivity index (χ0v) is 30.7. The van der Waals surface area contributed by atoms with Gasteiger partial charge in [0.25, 0.3) is 0 Å².